The zero-order valence-corrected chi connectivity index (χ0v) is 20.8. The molecule has 34 heavy (non-hydrogen) atoms. The zero-order valence-electron chi connectivity index (χ0n) is 19.2. The van der Waals surface area contributed by atoms with Gasteiger partial charge in [-0.3, -0.25) is 0 Å². The van der Waals surface area contributed by atoms with Crippen molar-refractivity contribution in [3.63, 3.8) is 0 Å². The maximum Gasteiger partial charge on any atom is 0.232 e. The summed E-state index contributed by atoms with van der Waals surface area (Å²) in [6, 6.07) is 3.66. The van der Waals surface area contributed by atoms with Crippen LogP contribution in [0.15, 0.2) is 44.9 Å². The van der Waals surface area contributed by atoms with E-state index in [9.17, 15) is 4.55 Å². The Morgan fingerprint density at radius 1 is 1.41 bits per heavy atom. The first-order chi connectivity index (χ1) is 16.5. The van der Waals surface area contributed by atoms with Gasteiger partial charge in [-0.15, -0.1) is 0 Å². The predicted molar refractivity (Wildman–Crippen MR) is 140 cm³/mol. The molecule has 1 fully saturated rings. The number of hydrogen-bond donors (Lipinski definition) is 2. The van der Waals surface area contributed by atoms with Gasteiger partial charge in [0.25, 0.3) is 0 Å². The van der Waals surface area contributed by atoms with Gasteiger partial charge in [0, 0.05) is 49.0 Å². The number of allylic oxidation sites excluding steroid dienone is 1. The van der Waals surface area contributed by atoms with Crippen molar-refractivity contribution in [2.75, 3.05) is 26.0 Å². The zero-order chi connectivity index (χ0) is 24.1. The number of methoxy groups -OCH3 is 1. The van der Waals surface area contributed by atoms with E-state index < -0.39 is 11.2 Å². The molecule has 1 atom stereocenters. The molecule has 0 aromatic carbocycles. The number of nitrogens with two attached hydrogens (primary N) is 1. The normalized spacial score (nSPS) is 15.9. The van der Waals surface area contributed by atoms with Crippen LogP contribution in [0.2, 0.25) is 0 Å². The molecule has 1 unspecified atom stereocenters. The van der Waals surface area contributed by atoms with Crippen LogP contribution in [0.5, 0.6) is 0 Å². The van der Waals surface area contributed by atoms with Gasteiger partial charge >= 0.3 is 0 Å². The molecule has 0 amide bonds. The molecule has 3 heterocycles. The fourth-order valence-corrected chi connectivity index (χ4v) is 6.64. The van der Waals surface area contributed by atoms with Gasteiger partial charge in [-0.2, -0.15) is 0 Å². The van der Waals surface area contributed by atoms with Gasteiger partial charge in [-0.1, -0.05) is 11.3 Å². The lowest BCUT2D eigenvalue weighted by Crippen LogP contribution is -2.28. The minimum atomic E-state index is -1.14. The minimum absolute atomic E-state index is 0.164. The average molecular weight is 498 g/mol. The molecule has 4 rings (SSSR count). The summed E-state index contributed by atoms with van der Waals surface area (Å²) in [5, 5.41) is 3.96. The number of anilines is 1. The molecule has 3 aromatic rings. The second-order valence-electron chi connectivity index (χ2n) is 7.80. The first-order valence-corrected chi connectivity index (χ1v) is 12.9. The smallest absolute Gasteiger partial charge is 0.232 e. The summed E-state index contributed by atoms with van der Waals surface area (Å²) < 4.78 is 18.8. The minimum Gasteiger partial charge on any atom is -0.611 e. The lowest BCUT2D eigenvalue weighted by Gasteiger charge is -2.26. The van der Waals surface area contributed by atoms with Gasteiger partial charge in [-0.25, -0.2) is 24.9 Å². The molecular formula is C23H27N7O2S2. The maximum atomic E-state index is 13.1. The van der Waals surface area contributed by atoms with Gasteiger partial charge < -0.3 is 20.3 Å². The number of pyridine rings is 1. The molecule has 9 nitrogen and oxygen atoms in total. The number of rotatable bonds is 8. The molecule has 0 spiro atoms. The quantitative estimate of drug-likeness (QED) is 0.210. The number of aromatic nitrogens is 3. The van der Waals surface area contributed by atoms with E-state index in [1.165, 1.54) is 11.3 Å². The van der Waals surface area contributed by atoms with Crippen molar-refractivity contribution in [3.05, 3.63) is 36.4 Å². The molecule has 3 aromatic heterocycles. The molecule has 11 heteroatoms. The third kappa shape index (κ3) is 5.12. The first kappa shape index (κ1) is 24.3. The van der Waals surface area contributed by atoms with E-state index in [0.717, 1.165) is 35.8 Å². The molecule has 0 bridgehead atoms. The highest BCUT2D eigenvalue weighted by Gasteiger charge is 2.35. The SMILES string of the molecule is C=N/C(=N\C=C(/C)c1cc(-c2ncccn2)c2c(N)c([S+]([O-])C3CCC3)sc2n1)NCCOC. The Labute approximate surface area is 205 Å². The highest BCUT2D eigenvalue weighted by atomic mass is 32.2. The second-order valence-corrected chi connectivity index (χ2v) is 10.7. The molecule has 1 aliphatic carbocycles. The van der Waals surface area contributed by atoms with Gasteiger partial charge in [0.15, 0.2) is 5.82 Å². The van der Waals surface area contributed by atoms with Crippen LogP contribution in [0.1, 0.15) is 31.9 Å². The highest BCUT2D eigenvalue weighted by Crippen LogP contribution is 2.44. The summed E-state index contributed by atoms with van der Waals surface area (Å²) in [6.45, 7) is 6.56. The maximum absolute atomic E-state index is 13.1. The Bertz CT molecular complexity index is 1220. The Kier molecular flexibility index (Phi) is 7.88. The van der Waals surface area contributed by atoms with E-state index in [0.29, 0.717) is 45.4 Å². The largest absolute Gasteiger partial charge is 0.611 e. The van der Waals surface area contributed by atoms with Crippen molar-refractivity contribution in [2.45, 2.75) is 35.6 Å². The van der Waals surface area contributed by atoms with Gasteiger partial charge in [0.1, 0.15) is 15.8 Å². The summed E-state index contributed by atoms with van der Waals surface area (Å²) >= 11 is 0.239. The van der Waals surface area contributed by atoms with E-state index in [1.54, 1.807) is 31.8 Å². The first-order valence-electron chi connectivity index (χ1n) is 10.9. The Morgan fingerprint density at radius 2 is 2.18 bits per heavy atom. The number of hydrogen-bond acceptors (Lipinski definition) is 8. The number of nitrogen functional groups attached to an aromatic ring is 1. The number of thiophene rings is 1. The fraction of sp³-hybridized carbons (Fsp3) is 0.348. The van der Waals surface area contributed by atoms with E-state index in [2.05, 4.69) is 32.0 Å². The van der Waals surface area contributed by atoms with Gasteiger partial charge in [0.2, 0.25) is 10.2 Å². The van der Waals surface area contributed by atoms with Crippen molar-refractivity contribution in [2.24, 2.45) is 9.98 Å². The molecule has 1 saturated carbocycles. The Morgan fingerprint density at radius 3 is 2.82 bits per heavy atom. The Hall–Kier alpha value is -2.86. The second kappa shape index (κ2) is 11.0. The van der Waals surface area contributed by atoms with Crippen LogP contribution >= 0.6 is 11.3 Å². The molecular weight excluding hydrogens is 470 g/mol. The number of nitrogens with zero attached hydrogens (tertiary/aromatic N) is 5. The molecule has 0 aliphatic heterocycles. The van der Waals surface area contributed by atoms with Crippen molar-refractivity contribution < 1.29 is 9.29 Å². The molecule has 178 valence electrons. The van der Waals surface area contributed by atoms with Crippen LogP contribution in [-0.2, 0) is 15.9 Å². The number of ether oxygens (including phenoxy) is 1. The monoisotopic (exact) mass is 497 g/mol. The summed E-state index contributed by atoms with van der Waals surface area (Å²) in [5.74, 6) is 0.926. The third-order valence-electron chi connectivity index (χ3n) is 5.53. The molecule has 0 radical (unpaired) electrons. The van der Waals surface area contributed by atoms with E-state index in [1.807, 2.05) is 13.0 Å². The van der Waals surface area contributed by atoms with Gasteiger partial charge in [-0.05, 0) is 50.6 Å². The van der Waals surface area contributed by atoms with Crippen LogP contribution in [0.25, 0.3) is 27.2 Å². The predicted octanol–water partition coefficient (Wildman–Crippen LogP) is 3.65. The number of fused-ring (bicyclic) bond motifs is 1. The van der Waals surface area contributed by atoms with Crippen LogP contribution in [-0.4, -0.2) is 57.7 Å². The van der Waals surface area contributed by atoms with Crippen molar-refractivity contribution in [1.82, 2.24) is 20.3 Å². The van der Waals surface area contributed by atoms with Crippen LogP contribution in [0.3, 0.4) is 0 Å². The van der Waals surface area contributed by atoms with E-state index in [-0.39, 0.29) is 5.25 Å². The number of aliphatic imine (C=N–C) groups is 2. The summed E-state index contributed by atoms with van der Waals surface area (Å²) in [6.07, 6.45) is 8.09. The third-order valence-corrected chi connectivity index (χ3v) is 8.83. The number of nitrogens with one attached hydrogen (secondary N) is 1. The summed E-state index contributed by atoms with van der Waals surface area (Å²) in [4.78, 5) is 22.7. The summed E-state index contributed by atoms with van der Waals surface area (Å²) in [7, 11) is 1.63. The molecule has 0 saturated heterocycles. The van der Waals surface area contributed by atoms with Gasteiger partial charge in [0.05, 0.1) is 17.7 Å². The lowest BCUT2D eigenvalue weighted by atomic mass is 10.0. The fourth-order valence-electron chi connectivity index (χ4n) is 3.43. The van der Waals surface area contributed by atoms with Crippen molar-refractivity contribution in [3.8, 4) is 11.4 Å². The van der Waals surface area contributed by atoms with Crippen LogP contribution < -0.4 is 11.1 Å². The molecule has 3 N–H and O–H groups in total. The molecule has 1 aliphatic rings. The Balaban J connectivity index is 1.78. The topological polar surface area (TPSA) is 134 Å². The highest BCUT2D eigenvalue weighted by molar-refractivity contribution is 7.94. The number of guanidine groups is 1. The van der Waals surface area contributed by atoms with Crippen molar-refractivity contribution >= 4 is 56.7 Å². The average Bonchev–Trinajstić information content (AvgIpc) is 3.16. The standard InChI is InChI=1S/C23H27N7O2S2/c1-14(13-29-23(25-2)28-10-11-32-3)17-12-16(20-26-8-5-9-27-20)18-19(24)22(33-21(18)30-17)34(31)15-6-4-7-15/h5,8-9,12-13,15H,2,4,6-7,10-11,24H2,1,3H3,(H,28,29)/b14-13+. The van der Waals surface area contributed by atoms with Crippen molar-refractivity contribution in [1.29, 1.82) is 0 Å². The van der Waals surface area contributed by atoms with E-state index >= 15 is 0 Å². The van der Waals surface area contributed by atoms with E-state index in [4.69, 9.17) is 15.5 Å². The summed E-state index contributed by atoms with van der Waals surface area (Å²) in [5.41, 5.74) is 9.31. The van der Waals surface area contributed by atoms with Crippen LogP contribution in [0.4, 0.5) is 5.69 Å². The lowest BCUT2D eigenvalue weighted by molar-refractivity contribution is 0.204. The van der Waals surface area contributed by atoms with Crippen LogP contribution in [0, 0.1) is 0 Å².